The maximum Gasteiger partial charge on any atom is 0.330 e. The fourth-order valence-electron chi connectivity index (χ4n) is 2.70. The van der Waals surface area contributed by atoms with Crippen LogP contribution in [0.5, 0.6) is 0 Å². The number of carbonyl (C=O) groups is 3. The summed E-state index contributed by atoms with van der Waals surface area (Å²) >= 11 is 0. The molecule has 1 aliphatic rings. The van der Waals surface area contributed by atoms with E-state index < -0.39 is 24.0 Å². The number of rotatable bonds is 9. The number of nitrogens with one attached hydrogen (secondary N) is 2. The zero-order valence-corrected chi connectivity index (χ0v) is 15.2. The molecule has 2 amide bonds. The van der Waals surface area contributed by atoms with Crippen molar-refractivity contribution in [3.63, 3.8) is 0 Å². The number of amides is 2. The van der Waals surface area contributed by atoms with E-state index in [-0.39, 0.29) is 36.4 Å². The van der Waals surface area contributed by atoms with Crippen LogP contribution < -0.4 is 22.1 Å². The summed E-state index contributed by atoms with van der Waals surface area (Å²) in [5.41, 5.74) is 10.7. The van der Waals surface area contributed by atoms with E-state index in [9.17, 15) is 19.5 Å². The molecular formula is C16H28N6O4. The number of likely N-dealkylation sites (N-methyl/N-ethyl adjacent to an activating group) is 1. The monoisotopic (exact) mass is 368 g/mol. The van der Waals surface area contributed by atoms with Gasteiger partial charge in [0.2, 0.25) is 11.8 Å². The Balaban J connectivity index is 2.59. The van der Waals surface area contributed by atoms with Crippen molar-refractivity contribution in [2.75, 3.05) is 20.1 Å². The van der Waals surface area contributed by atoms with Gasteiger partial charge in [-0.15, -0.1) is 0 Å². The first-order valence-electron chi connectivity index (χ1n) is 8.40. The highest BCUT2D eigenvalue weighted by Crippen LogP contribution is 2.14. The number of likely N-dealkylation sites (tertiary alicyclic amines) is 1. The molecule has 0 bridgehead atoms. The molecule has 0 radical (unpaired) electrons. The lowest BCUT2D eigenvalue weighted by Gasteiger charge is -2.23. The highest BCUT2D eigenvalue weighted by Gasteiger charge is 2.31. The molecule has 0 unspecified atom stereocenters. The van der Waals surface area contributed by atoms with Gasteiger partial charge in [0.15, 0.2) is 5.96 Å². The van der Waals surface area contributed by atoms with Crippen LogP contribution in [0, 0.1) is 0 Å². The molecule has 1 rings (SSSR count). The molecule has 26 heavy (non-hydrogen) atoms. The Labute approximate surface area is 152 Å². The van der Waals surface area contributed by atoms with Crippen LogP contribution >= 0.6 is 0 Å². The minimum absolute atomic E-state index is 0.109. The van der Waals surface area contributed by atoms with Gasteiger partial charge in [0.05, 0.1) is 6.04 Å². The van der Waals surface area contributed by atoms with Crippen LogP contribution in [0.15, 0.2) is 17.1 Å². The Hall–Kier alpha value is -2.62. The van der Waals surface area contributed by atoms with Crippen molar-refractivity contribution < 1.29 is 19.5 Å². The molecule has 0 saturated carbocycles. The molecule has 146 valence electrons. The number of aliphatic carboxylic acids is 1. The van der Waals surface area contributed by atoms with Gasteiger partial charge in [-0.2, -0.15) is 0 Å². The third-order valence-corrected chi connectivity index (χ3v) is 4.24. The molecule has 1 fully saturated rings. The number of hydrogen-bond acceptors (Lipinski definition) is 5. The number of nitrogens with two attached hydrogens (primary N) is 2. The number of nitrogens with zero attached hydrogens (tertiary/aromatic N) is 2. The number of carbonyl (C=O) groups excluding carboxylic acids is 2. The predicted molar refractivity (Wildman–Crippen MR) is 97.3 cm³/mol. The fraction of sp³-hybridized carbons (Fsp3) is 0.625. The second-order valence-corrected chi connectivity index (χ2v) is 6.36. The van der Waals surface area contributed by atoms with Gasteiger partial charge in [-0.25, -0.2) is 4.79 Å². The molecule has 10 heteroatoms. The van der Waals surface area contributed by atoms with Crippen molar-refractivity contribution in [2.24, 2.45) is 16.5 Å². The Morgan fingerprint density at radius 3 is 2.50 bits per heavy atom. The number of guanidine groups is 1. The molecular weight excluding hydrogens is 340 g/mol. The lowest BCUT2D eigenvalue weighted by atomic mass is 10.1. The molecule has 7 N–H and O–H groups in total. The Morgan fingerprint density at radius 2 is 2.00 bits per heavy atom. The Kier molecular flexibility index (Phi) is 8.04. The van der Waals surface area contributed by atoms with Crippen molar-refractivity contribution in [2.45, 2.75) is 44.3 Å². The number of carboxylic acids is 1. The molecule has 0 aromatic rings. The summed E-state index contributed by atoms with van der Waals surface area (Å²) in [6.07, 6.45) is 1.85. The summed E-state index contributed by atoms with van der Waals surface area (Å²) in [6, 6.07) is -2.43. The van der Waals surface area contributed by atoms with Gasteiger partial charge >= 0.3 is 5.97 Å². The van der Waals surface area contributed by atoms with Crippen LogP contribution in [0.1, 0.15) is 26.2 Å². The van der Waals surface area contributed by atoms with Crippen LogP contribution in [0.2, 0.25) is 0 Å². The molecule has 1 heterocycles. The van der Waals surface area contributed by atoms with Crippen molar-refractivity contribution >= 4 is 23.7 Å². The highest BCUT2D eigenvalue weighted by molar-refractivity contribution is 5.92. The smallest absolute Gasteiger partial charge is 0.330 e. The average Bonchev–Trinajstić information content (AvgIpc) is 2.97. The molecule has 0 aromatic carbocycles. The minimum Gasteiger partial charge on any atom is -0.479 e. The van der Waals surface area contributed by atoms with E-state index in [2.05, 4.69) is 22.2 Å². The maximum absolute atomic E-state index is 12.3. The summed E-state index contributed by atoms with van der Waals surface area (Å²) in [6.45, 7) is 6.18. The SMILES string of the molecule is C=C(CCN=C(N)N)[C@H](NC(=O)[C@H](C)NC(=O)[C@@H]1CCCN1C)C(=O)O. The predicted octanol–water partition coefficient (Wildman–Crippen LogP) is -1.63. The van der Waals surface area contributed by atoms with Crippen LogP contribution in [0.25, 0.3) is 0 Å². The number of aliphatic imine (C=N–C) groups is 1. The normalized spacial score (nSPS) is 19.2. The summed E-state index contributed by atoms with van der Waals surface area (Å²) in [5, 5.41) is 14.3. The molecule has 0 aromatic heterocycles. The molecule has 10 nitrogen and oxygen atoms in total. The molecule has 0 spiro atoms. The zero-order chi connectivity index (χ0) is 19.9. The van der Waals surface area contributed by atoms with E-state index in [0.29, 0.717) is 0 Å². The van der Waals surface area contributed by atoms with E-state index in [1.165, 1.54) is 6.92 Å². The molecule has 1 aliphatic heterocycles. The van der Waals surface area contributed by atoms with E-state index >= 15 is 0 Å². The van der Waals surface area contributed by atoms with Gasteiger partial charge in [0.25, 0.3) is 0 Å². The Morgan fingerprint density at radius 1 is 1.35 bits per heavy atom. The first-order chi connectivity index (χ1) is 12.1. The van der Waals surface area contributed by atoms with E-state index in [0.717, 1.165) is 19.4 Å². The second-order valence-electron chi connectivity index (χ2n) is 6.36. The Bertz CT molecular complexity index is 587. The van der Waals surface area contributed by atoms with Crippen LogP contribution in [0.3, 0.4) is 0 Å². The molecule has 3 atom stereocenters. The van der Waals surface area contributed by atoms with Crippen LogP contribution in [0.4, 0.5) is 0 Å². The van der Waals surface area contributed by atoms with Crippen LogP contribution in [-0.2, 0) is 14.4 Å². The first-order valence-corrected chi connectivity index (χ1v) is 8.40. The van der Waals surface area contributed by atoms with Crippen molar-refractivity contribution in [3.8, 4) is 0 Å². The van der Waals surface area contributed by atoms with Crippen molar-refractivity contribution in [3.05, 3.63) is 12.2 Å². The van der Waals surface area contributed by atoms with Gasteiger partial charge in [-0.05, 0) is 45.4 Å². The standard InChI is InChI=1S/C16H28N6O4/c1-9(6-7-19-16(17)18)12(15(25)26)21-13(23)10(2)20-14(24)11-5-4-8-22(11)3/h10-12H,1,4-8H2,2-3H3,(H,20,24)(H,21,23)(H,25,26)(H4,17,18,19)/t10-,11-,12-/m0/s1. The lowest BCUT2D eigenvalue weighted by Crippen LogP contribution is -2.53. The second kappa shape index (κ2) is 9.76. The molecule has 1 saturated heterocycles. The maximum atomic E-state index is 12.3. The highest BCUT2D eigenvalue weighted by atomic mass is 16.4. The fourth-order valence-corrected chi connectivity index (χ4v) is 2.70. The van der Waals surface area contributed by atoms with Crippen LogP contribution in [-0.4, -0.2) is 72.0 Å². The third-order valence-electron chi connectivity index (χ3n) is 4.24. The first kappa shape index (κ1) is 21.4. The van der Waals surface area contributed by atoms with Crippen molar-refractivity contribution in [1.82, 2.24) is 15.5 Å². The average molecular weight is 368 g/mol. The van der Waals surface area contributed by atoms with E-state index in [1.807, 2.05) is 11.9 Å². The van der Waals surface area contributed by atoms with Gasteiger partial charge in [0.1, 0.15) is 12.1 Å². The number of carboxylic acid groups (broad SMARTS) is 1. The molecule has 0 aliphatic carbocycles. The van der Waals surface area contributed by atoms with Gasteiger partial charge in [-0.1, -0.05) is 6.58 Å². The lowest BCUT2D eigenvalue weighted by molar-refractivity contribution is -0.141. The zero-order valence-electron chi connectivity index (χ0n) is 15.2. The van der Waals surface area contributed by atoms with Crippen molar-refractivity contribution in [1.29, 1.82) is 0 Å². The van der Waals surface area contributed by atoms with Gasteiger partial charge < -0.3 is 27.2 Å². The minimum atomic E-state index is -1.29. The largest absolute Gasteiger partial charge is 0.479 e. The summed E-state index contributed by atoms with van der Waals surface area (Å²) < 4.78 is 0. The van der Waals surface area contributed by atoms with E-state index in [1.54, 1.807) is 0 Å². The third kappa shape index (κ3) is 6.36. The van der Waals surface area contributed by atoms with Gasteiger partial charge in [0, 0.05) is 6.54 Å². The van der Waals surface area contributed by atoms with E-state index in [4.69, 9.17) is 11.5 Å². The summed E-state index contributed by atoms with van der Waals surface area (Å²) in [4.78, 5) is 41.6. The van der Waals surface area contributed by atoms with Gasteiger partial charge in [-0.3, -0.25) is 19.5 Å². The quantitative estimate of drug-likeness (QED) is 0.185. The summed E-state index contributed by atoms with van der Waals surface area (Å²) in [7, 11) is 1.85. The number of hydrogen-bond donors (Lipinski definition) is 5. The topological polar surface area (TPSA) is 163 Å². The summed E-state index contributed by atoms with van der Waals surface area (Å²) in [5.74, 6) is -2.20.